The van der Waals surface area contributed by atoms with Gasteiger partial charge in [-0.1, -0.05) is 155 Å². The molecule has 244 valence electrons. The Hall–Kier alpha value is 0.290. The normalized spacial score (nSPS) is 11.0. The van der Waals surface area contributed by atoms with E-state index in [0.29, 0.717) is 6.42 Å². The van der Waals surface area contributed by atoms with Crippen molar-refractivity contribution in [2.75, 3.05) is 18.1 Å². The summed E-state index contributed by atoms with van der Waals surface area (Å²) in [5.74, 6) is 2.03. The molecule has 0 aliphatic heterocycles. The van der Waals surface area contributed by atoms with Crippen molar-refractivity contribution in [1.29, 1.82) is 0 Å². The van der Waals surface area contributed by atoms with E-state index in [2.05, 4.69) is 24.0 Å². The summed E-state index contributed by atoms with van der Waals surface area (Å²) in [6.45, 7) is 3.10. The van der Waals surface area contributed by atoms with Gasteiger partial charge in [0.15, 0.2) is 0 Å². The second-order valence-corrected chi connectivity index (χ2v) is 13.6. The van der Waals surface area contributed by atoms with Crippen molar-refractivity contribution < 1.29 is 44.3 Å². The zero-order valence-corrected chi connectivity index (χ0v) is 31.3. The average molecular weight is 620 g/mol. The van der Waals surface area contributed by atoms with Crippen LogP contribution >= 0.6 is 11.8 Å². The van der Waals surface area contributed by atoms with Gasteiger partial charge in [-0.05, 0) is 50.0 Å². The average Bonchev–Trinajstić information content (AvgIpc) is 2.96. The Kier molecular flexibility index (Phi) is 41.6. The number of thioether (sulfide) groups is 1. The maximum Gasteiger partial charge on any atom is 1.00 e. The summed E-state index contributed by atoms with van der Waals surface area (Å²) in [4.78, 5) is 22.3. The minimum Gasteiger partial charge on any atom is -0.550 e. The molecule has 42 heavy (non-hydrogen) atoms. The van der Waals surface area contributed by atoms with Gasteiger partial charge in [-0.3, -0.25) is 4.79 Å². The third kappa shape index (κ3) is 40.3. The van der Waals surface area contributed by atoms with E-state index in [1.165, 1.54) is 153 Å². The summed E-state index contributed by atoms with van der Waals surface area (Å²) in [6, 6.07) is 0. The molecule has 0 saturated heterocycles. The van der Waals surface area contributed by atoms with Crippen LogP contribution in [-0.2, 0) is 9.59 Å². The summed E-state index contributed by atoms with van der Waals surface area (Å²) in [7, 11) is 0. The van der Waals surface area contributed by atoms with Crippen molar-refractivity contribution in [3.05, 3.63) is 0 Å². The van der Waals surface area contributed by atoms with Gasteiger partial charge in [0.1, 0.15) is 0 Å². The fraction of sp³-hybridized carbons (Fsp3) is 0.944. The maximum absolute atomic E-state index is 12.0. The SMILES string of the molecule is CCCCCCCCCCCCSCCCCCCCCCCCCC(=O)NCCCCCCCCCCC(=O)[O-].[Na+]. The topological polar surface area (TPSA) is 69.2 Å². The van der Waals surface area contributed by atoms with E-state index in [9.17, 15) is 14.7 Å². The Bertz CT molecular complexity index is 550. The largest absolute Gasteiger partial charge is 1.00 e. The molecule has 1 N–H and O–H groups in total. The number of carboxylic acids is 1. The van der Waals surface area contributed by atoms with Crippen molar-refractivity contribution in [2.45, 2.75) is 200 Å². The molecule has 0 bridgehead atoms. The minimum absolute atomic E-state index is 0. The summed E-state index contributed by atoms with van der Waals surface area (Å²) < 4.78 is 0. The van der Waals surface area contributed by atoms with Crippen LogP contribution in [0.25, 0.3) is 0 Å². The molecule has 1 amide bonds. The molecule has 0 aromatic heterocycles. The molecule has 0 spiro atoms. The first kappa shape index (κ1) is 44.4. The number of nitrogens with one attached hydrogen (secondary N) is 1. The van der Waals surface area contributed by atoms with E-state index < -0.39 is 5.97 Å². The minimum atomic E-state index is -0.933. The number of rotatable bonds is 35. The van der Waals surface area contributed by atoms with Gasteiger partial charge in [0, 0.05) is 18.9 Å². The summed E-state index contributed by atoms with van der Waals surface area (Å²) in [5.41, 5.74) is 0. The molecule has 0 unspecified atom stereocenters. The van der Waals surface area contributed by atoms with Gasteiger partial charge in [-0.15, -0.1) is 0 Å². The van der Waals surface area contributed by atoms with E-state index in [1.54, 1.807) is 0 Å². The molecule has 0 fully saturated rings. The molecule has 0 saturated carbocycles. The number of carbonyl (C=O) groups is 2. The van der Waals surface area contributed by atoms with Crippen LogP contribution in [-0.4, -0.2) is 29.9 Å². The third-order valence-corrected chi connectivity index (χ3v) is 9.37. The fourth-order valence-electron chi connectivity index (χ4n) is 5.47. The predicted molar refractivity (Wildman–Crippen MR) is 180 cm³/mol. The van der Waals surface area contributed by atoms with Gasteiger partial charge >= 0.3 is 29.6 Å². The van der Waals surface area contributed by atoms with E-state index in [1.807, 2.05) is 0 Å². The molecule has 0 aromatic carbocycles. The van der Waals surface area contributed by atoms with E-state index >= 15 is 0 Å². The second-order valence-electron chi connectivity index (χ2n) is 12.4. The number of aliphatic carboxylic acids is 1. The van der Waals surface area contributed by atoms with Gasteiger partial charge in [0.05, 0.1) is 0 Å². The monoisotopic (exact) mass is 619 g/mol. The molecule has 0 aliphatic carbocycles. The van der Waals surface area contributed by atoms with Crippen molar-refractivity contribution in [2.24, 2.45) is 0 Å². The van der Waals surface area contributed by atoms with Gasteiger partial charge in [0.25, 0.3) is 0 Å². The molecule has 0 heterocycles. The van der Waals surface area contributed by atoms with Crippen LogP contribution in [0.5, 0.6) is 0 Å². The third-order valence-electron chi connectivity index (χ3n) is 8.21. The summed E-state index contributed by atoms with van der Waals surface area (Å²) >= 11 is 2.18. The molecule has 0 aromatic rings. The molecule has 0 radical (unpaired) electrons. The van der Waals surface area contributed by atoms with Crippen molar-refractivity contribution in [3.8, 4) is 0 Å². The zero-order chi connectivity index (χ0) is 29.9. The molecular weight excluding hydrogens is 549 g/mol. The van der Waals surface area contributed by atoms with Gasteiger partial charge in [-0.2, -0.15) is 11.8 Å². The van der Waals surface area contributed by atoms with Crippen LogP contribution in [0.2, 0.25) is 0 Å². The number of amides is 1. The maximum atomic E-state index is 12.0. The van der Waals surface area contributed by atoms with Crippen LogP contribution in [0, 0.1) is 0 Å². The second kappa shape index (κ2) is 39.3. The number of hydrogen-bond acceptors (Lipinski definition) is 4. The number of carboxylic acid groups (broad SMARTS) is 1. The van der Waals surface area contributed by atoms with Gasteiger partial charge in [-0.25, -0.2) is 0 Å². The Morgan fingerprint density at radius 1 is 0.476 bits per heavy atom. The fourth-order valence-corrected chi connectivity index (χ4v) is 6.49. The molecule has 0 atom stereocenters. The van der Waals surface area contributed by atoms with Crippen LogP contribution < -0.4 is 40.0 Å². The Labute approximate surface area is 289 Å². The van der Waals surface area contributed by atoms with E-state index in [0.717, 1.165) is 45.1 Å². The summed E-state index contributed by atoms with van der Waals surface area (Å²) in [5, 5.41) is 13.4. The quantitative estimate of drug-likeness (QED) is 0.0597. The van der Waals surface area contributed by atoms with Crippen LogP contribution in [0.15, 0.2) is 0 Å². The van der Waals surface area contributed by atoms with Crippen molar-refractivity contribution >= 4 is 23.6 Å². The summed E-state index contributed by atoms with van der Waals surface area (Å²) in [6.07, 6.45) is 37.1. The number of carbonyl (C=O) groups excluding carboxylic acids is 2. The van der Waals surface area contributed by atoms with Crippen molar-refractivity contribution in [1.82, 2.24) is 5.32 Å². The first-order valence-electron chi connectivity index (χ1n) is 18.2. The molecule has 6 heteroatoms. The number of unbranched alkanes of at least 4 members (excludes halogenated alkanes) is 25. The van der Waals surface area contributed by atoms with Crippen LogP contribution in [0.1, 0.15) is 200 Å². The zero-order valence-electron chi connectivity index (χ0n) is 28.5. The molecular formula is C36H70NNaO3S. The Morgan fingerprint density at radius 3 is 1.21 bits per heavy atom. The van der Waals surface area contributed by atoms with Crippen molar-refractivity contribution in [3.63, 3.8) is 0 Å². The predicted octanol–water partition coefficient (Wildman–Crippen LogP) is 7.31. The Morgan fingerprint density at radius 2 is 0.810 bits per heavy atom. The van der Waals surface area contributed by atoms with Crippen LogP contribution in [0.4, 0.5) is 0 Å². The van der Waals surface area contributed by atoms with Gasteiger partial charge < -0.3 is 15.2 Å². The smallest absolute Gasteiger partial charge is 0.550 e. The van der Waals surface area contributed by atoms with Crippen LogP contribution in [0.3, 0.4) is 0 Å². The first-order chi connectivity index (χ1) is 20.2. The first-order valence-corrected chi connectivity index (χ1v) is 19.4. The molecule has 0 aliphatic rings. The molecule has 4 nitrogen and oxygen atoms in total. The number of hydrogen-bond donors (Lipinski definition) is 1. The molecule has 0 rings (SSSR count). The Balaban J connectivity index is 0. The van der Waals surface area contributed by atoms with Gasteiger partial charge in [0.2, 0.25) is 5.91 Å². The van der Waals surface area contributed by atoms with E-state index in [-0.39, 0.29) is 41.9 Å². The van der Waals surface area contributed by atoms with E-state index in [4.69, 9.17) is 0 Å². The standard InChI is InChI=1S/C36H71NO3S.Na/c1-2-3-4-5-6-7-13-18-23-28-33-41-34-29-24-19-14-9-8-10-15-20-25-30-35(38)37-32-27-22-17-12-11-16-21-26-31-36(39)40;/h2-34H2,1H3,(H,37,38)(H,39,40);/q;+1/p-1.